The van der Waals surface area contributed by atoms with E-state index in [-0.39, 0.29) is 16.6 Å². The minimum absolute atomic E-state index is 0.0388. The molecule has 1 saturated carbocycles. The molecule has 0 amide bonds. The van der Waals surface area contributed by atoms with Crippen molar-refractivity contribution < 1.29 is 17.9 Å². The van der Waals surface area contributed by atoms with E-state index >= 15 is 0 Å². The van der Waals surface area contributed by atoms with Crippen molar-refractivity contribution in [3.05, 3.63) is 28.8 Å². The van der Waals surface area contributed by atoms with Crippen molar-refractivity contribution in [2.24, 2.45) is 0 Å². The molecule has 0 aromatic heterocycles. The quantitative estimate of drug-likeness (QED) is 0.634. The van der Waals surface area contributed by atoms with Gasteiger partial charge in [0.15, 0.2) is 0 Å². The molecule has 0 unspecified atom stereocenters. The number of carbonyl (C=O) groups is 1. The average Bonchev–Trinajstić information content (AvgIpc) is 2.79. The number of halogens is 1. The molecule has 20 heavy (non-hydrogen) atoms. The minimum atomic E-state index is -3.87. The van der Waals surface area contributed by atoms with Crippen molar-refractivity contribution in [3.8, 4) is 0 Å². The maximum absolute atomic E-state index is 12.2. The van der Waals surface area contributed by atoms with Gasteiger partial charge in [-0.15, -0.1) is 0 Å². The van der Waals surface area contributed by atoms with Gasteiger partial charge in [0.05, 0.1) is 10.5 Å². The Morgan fingerprint density at radius 1 is 1.20 bits per heavy atom. The molecule has 0 aliphatic heterocycles. The number of carbonyl (C=O) groups excluding carboxylic acids is 1. The van der Waals surface area contributed by atoms with Crippen molar-refractivity contribution in [2.75, 3.05) is 0 Å². The van der Waals surface area contributed by atoms with E-state index in [0.29, 0.717) is 11.1 Å². The third-order valence-electron chi connectivity index (χ3n) is 3.58. The van der Waals surface area contributed by atoms with E-state index in [1.54, 1.807) is 19.9 Å². The first-order valence-electron chi connectivity index (χ1n) is 6.56. The summed E-state index contributed by atoms with van der Waals surface area (Å²) < 4.78 is 28.4. The molecule has 2 rings (SSSR count). The highest BCUT2D eigenvalue weighted by atomic mass is 35.7. The number of esters is 1. The number of hydrogen-bond acceptors (Lipinski definition) is 4. The van der Waals surface area contributed by atoms with E-state index in [2.05, 4.69) is 0 Å². The SMILES string of the molecule is Cc1cc(C)c(S(=O)(=O)Cl)cc1C(=O)OC1CCCC1. The number of rotatable bonds is 3. The van der Waals surface area contributed by atoms with E-state index in [1.165, 1.54) is 6.07 Å². The molecule has 110 valence electrons. The van der Waals surface area contributed by atoms with Gasteiger partial charge in [0.2, 0.25) is 0 Å². The molecule has 1 fully saturated rings. The normalized spacial score (nSPS) is 16.4. The Morgan fingerprint density at radius 2 is 1.80 bits per heavy atom. The smallest absolute Gasteiger partial charge is 0.338 e. The van der Waals surface area contributed by atoms with Gasteiger partial charge >= 0.3 is 5.97 Å². The first-order valence-corrected chi connectivity index (χ1v) is 8.87. The largest absolute Gasteiger partial charge is 0.459 e. The molecule has 0 spiro atoms. The van der Waals surface area contributed by atoms with Crippen molar-refractivity contribution in [2.45, 2.75) is 50.5 Å². The lowest BCUT2D eigenvalue weighted by molar-refractivity contribution is 0.0316. The Bertz CT molecular complexity index is 631. The Morgan fingerprint density at radius 3 is 2.35 bits per heavy atom. The van der Waals surface area contributed by atoms with Crippen molar-refractivity contribution in [1.29, 1.82) is 0 Å². The fourth-order valence-corrected chi connectivity index (χ4v) is 3.74. The summed E-state index contributed by atoms with van der Waals surface area (Å²) in [5.74, 6) is -0.476. The Balaban J connectivity index is 2.33. The zero-order valence-electron chi connectivity index (χ0n) is 11.5. The van der Waals surface area contributed by atoms with Crippen LogP contribution in [0.1, 0.15) is 47.2 Å². The topological polar surface area (TPSA) is 60.4 Å². The number of aryl methyl sites for hydroxylation is 2. The third-order valence-corrected chi connectivity index (χ3v) is 5.04. The van der Waals surface area contributed by atoms with Crippen molar-refractivity contribution in [3.63, 3.8) is 0 Å². The van der Waals surface area contributed by atoms with Crippen LogP contribution in [0.3, 0.4) is 0 Å². The number of ether oxygens (including phenoxy) is 1. The maximum Gasteiger partial charge on any atom is 0.338 e. The summed E-state index contributed by atoms with van der Waals surface area (Å²) in [6, 6.07) is 2.95. The highest BCUT2D eigenvalue weighted by Crippen LogP contribution is 2.26. The van der Waals surface area contributed by atoms with Crippen molar-refractivity contribution in [1.82, 2.24) is 0 Å². The first-order chi connectivity index (χ1) is 9.29. The molecule has 0 heterocycles. The molecular weight excluding hydrogens is 300 g/mol. The van der Waals surface area contributed by atoms with Gasteiger partial charge in [-0.3, -0.25) is 0 Å². The summed E-state index contributed by atoms with van der Waals surface area (Å²) in [5, 5.41) is 0. The van der Waals surface area contributed by atoms with Crippen LogP contribution in [-0.2, 0) is 13.8 Å². The van der Waals surface area contributed by atoms with Crippen LogP contribution in [0.2, 0.25) is 0 Å². The molecule has 0 atom stereocenters. The van der Waals surface area contributed by atoms with E-state index in [4.69, 9.17) is 15.4 Å². The predicted molar refractivity (Wildman–Crippen MR) is 76.6 cm³/mol. The molecule has 6 heteroatoms. The summed E-state index contributed by atoms with van der Waals surface area (Å²) in [5.41, 5.74) is 1.48. The lowest BCUT2D eigenvalue weighted by Gasteiger charge is -2.14. The summed E-state index contributed by atoms with van der Waals surface area (Å²) in [4.78, 5) is 12.1. The fraction of sp³-hybridized carbons (Fsp3) is 0.500. The third kappa shape index (κ3) is 3.33. The first kappa shape index (κ1) is 15.3. The molecule has 1 aliphatic carbocycles. The zero-order chi connectivity index (χ0) is 14.9. The highest BCUT2D eigenvalue weighted by Gasteiger charge is 2.23. The molecule has 1 aliphatic rings. The average molecular weight is 317 g/mol. The molecule has 0 radical (unpaired) electrons. The second kappa shape index (κ2) is 5.74. The van der Waals surface area contributed by atoms with Crippen LogP contribution < -0.4 is 0 Å². The predicted octanol–water partition coefficient (Wildman–Crippen LogP) is 3.33. The summed E-state index contributed by atoms with van der Waals surface area (Å²) in [6.07, 6.45) is 3.81. The van der Waals surface area contributed by atoms with Crippen LogP contribution in [0, 0.1) is 13.8 Å². The molecule has 1 aromatic rings. The van der Waals surface area contributed by atoms with Crippen LogP contribution >= 0.6 is 10.7 Å². The van der Waals surface area contributed by atoms with Crippen LogP contribution in [-0.4, -0.2) is 20.5 Å². The van der Waals surface area contributed by atoms with Gasteiger partial charge in [0, 0.05) is 10.7 Å². The summed E-state index contributed by atoms with van der Waals surface area (Å²) in [7, 11) is 1.51. The Hall–Kier alpha value is -1.07. The monoisotopic (exact) mass is 316 g/mol. The van der Waals surface area contributed by atoms with Gasteiger partial charge in [0.1, 0.15) is 6.10 Å². The Labute approximate surface area is 123 Å². The zero-order valence-corrected chi connectivity index (χ0v) is 13.1. The van der Waals surface area contributed by atoms with Gasteiger partial charge in [-0.25, -0.2) is 13.2 Å². The molecule has 1 aromatic carbocycles. The van der Waals surface area contributed by atoms with Gasteiger partial charge < -0.3 is 4.74 Å². The number of hydrogen-bond donors (Lipinski definition) is 0. The van der Waals surface area contributed by atoms with E-state index < -0.39 is 15.0 Å². The summed E-state index contributed by atoms with van der Waals surface area (Å²) >= 11 is 0. The van der Waals surface area contributed by atoms with Crippen LogP contribution in [0.25, 0.3) is 0 Å². The minimum Gasteiger partial charge on any atom is -0.459 e. The van der Waals surface area contributed by atoms with Crippen LogP contribution in [0.15, 0.2) is 17.0 Å². The summed E-state index contributed by atoms with van der Waals surface area (Å²) in [6.45, 7) is 3.40. The molecule has 0 N–H and O–H groups in total. The van der Waals surface area contributed by atoms with Crippen molar-refractivity contribution >= 4 is 25.7 Å². The lowest BCUT2D eigenvalue weighted by atomic mass is 10.1. The van der Waals surface area contributed by atoms with Gasteiger partial charge in [-0.05, 0) is 56.7 Å². The second-order valence-corrected chi connectivity index (χ2v) is 7.72. The van der Waals surface area contributed by atoms with E-state index in [9.17, 15) is 13.2 Å². The van der Waals surface area contributed by atoms with Crippen LogP contribution in [0.4, 0.5) is 0 Å². The lowest BCUT2D eigenvalue weighted by Crippen LogP contribution is -2.16. The molecule has 0 bridgehead atoms. The maximum atomic E-state index is 12.2. The Kier molecular flexibility index (Phi) is 4.39. The highest BCUT2D eigenvalue weighted by molar-refractivity contribution is 8.13. The fourth-order valence-electron chi connectivity index (χ4n) is 2.54. The molecule has 0 saturated heterocycles. The van der Waals surface area contributed by atoms with Gasteiger partial charge in [-0.2, -0.15) is 0 Å². The van der Waals surface area contributed by atoms with E-state index in [0.717, 1.165) is 25.7 Å². The second-order valence-electron chi connectivity index (χ2n) is 5.18. The van der Waals surface area contributed by atoms with E-state index in [1.807, 2.05) is 0 Å². The van der Waals surface area contributed by atoms with Gasteiger partial charge in [0.25, 0.3) is 9.05 Å². The molecule has 4 nitrogen and oxygen atoms in total. The van der Waals surface area contributed by atoms with Crippen LogP contribution in [0.5, 0.6) is 0 Å². The number of benzene rings is 1. The molecular formula is C14H17ClO4S. The van der Waals surface area contributed by atoms with Gasteiger partial charge in [-0.1, -0.05) is 6.07 Å². The standard InChI is InChI=1S/C14H17ClO4S/c1-9-7-10(2)13(20(15,17)18)8-12(9)14(16)19-11-5-3-4-6-11/h7-8,11H,3-6H2,1-2H3.